The Labute approximate surface area is 106 Å². The first kappa shape index (κ1) is 11.3. The number of aryl methyl sites for hydroxylation is 1. The van der Waals surface area contributed by atoms with Crippen LogP contribution in [0.3, 0.4) is 0 Å². The van der Waals surface area contributed by atoms with Gasteiger partial charge in [0.15, 0.2) is 0 Å². The predicted molar refractivity (Wildman–Crippen MR) is 68.0 cm³/mol. The maximum Gasteiger partial charge on any atom is 0.0952 e. The Bertz CT molecular complexity index is 512. The molecule has 5 heteroatoms. The van der Waals surface area contributed by atoms with Gasteiger partial charge in [-0.1, -0.05) is 0 Å². The van der Waals surface area contributed by atoms with Gasteiger partial charge in [-0.25, -0.2) is 4.98 Å². The van der Waals surface area contributed by atoms with Crippen molar-refractivity contribution in [2.24, 2.45) is 0 Å². The van der Waals surface area contributed by atoms with E-state index in [1.807, 2.05) is 25.6 Å². The summed E-state index contributed by atoms with van der Waals surface area (Å²) in [4.78, 5) is 12.8. The Morgan fingerprint density at radius 2 is 2.17 bits per heavy atom. The first-order valence-corrected chi connectivity index (χ1v) is 6.31. The summed E-state index contributed by atoms with van der Waals surface area (Å²) in [6, 6.07) is 0.715. The molecular formula is C13H17N5. The summed E-state index contributed by atoms with van der Waals surface area (Å²) in [5, 5.41) is 3.50. The summed E-state index contributed by atoms with van der Waals surface area (Å²) in [7, 11) is 0. The molecule has 18 heavy (non-hydrogen) atoms. The van der Waals surface area contributed by atoms with Gasteiger partial charge < -0.3 is 9.88 Å². The molecule has 2 aromatic rings. The van der Waals surface area contributed by atoms with E-state index in [2.05, 4.69) is 24.8 Å². The van der Waals surface area contributed by atoms with Crippen molar-refractivity contribution in [1.29, 1.82) is 0 Å². The van der Waals surface area contributed by atoms with Gasteiger partial charge in [-0.15, -0.1) is 0 Å². The van der Waals surface area contributed by atoms with Crippen LogP contribution in [0.1, 0.15) is 29.9 Å². The van der Waals surface area contributed by atoms with E-state index >= 15 is 0 Å². The van der Waals surface area contributed by atoms with Crippen molar-refractivity contribution >= 4 is 0 Å². The summed E-state index contributed by atoms with van der Waals surface area (Å²) in [6.07, 6.45) is 10.00. The first-order chi connectivity index (χ1) is 8.81. The highest BCUT2D eigenvalue weighted by Crippen LogP contribution is 2.19. The second-order valence-corrected chi connectivity index (χ2v) is 4.82. The van der Waals surface area contributed by atoms with Crippen LogP contribution in [-0.4, -0.2) is 25.6 Å². The number of rotatable bonds is 5. The fourth-order valence-electron chi connectivity index (χ4n) is 1.85. The summed E-state index contributed by atoms with van der Waals surface area (Å²) in [6.45, 7) is 3.55. The van der Waals surface area contributed by atoms with Crippen molar-refractivity contribution in [1.82, 2.24) is 24.8 Å². The summed E-state index contributed by atoms with van der Waals surface area (Å²) in [5.41, 5.74) is 3.11. The smallest absolute Gasteiger partial charge is 0.0952 e. The van der Waals surface area contributed by atoms with Gasteiger partial charge in [0.25, 0.3) is 0 Å². The topological polar surface area (TPSA) is 55.6 Å². The molecule has 0 unspecified atom stereocenters. The van der Waals surface area contributed by atoms with E-state index < -0.39 is 0 Å². The van der Waals surface area contributed by atoms with Crippen LogP contribution in [-0.2, 0) is 13.1 Å². The number of hydrogen-bond acceptors (Lipinski definition) is 4. The fraction of sp³-hybridized carbons (Fsp3) is 0.462. The Morgan fingerprint density at radius 1 is 1.28 bits per heavy atom. The molecular weight excluding hydrogens is 226 g/mol. The molecule has 0 aliphatic heterocycles. The van der Waals surface area contributed by atoms with E-state index in [-0.39, 0.29) is 0 Å². The maximum atomic E-state index is 4.37. The average molecular weight is 243 g/mol. The van der Waals surface area contributed by atoms with Crippen molar-refractivity contribution in [3.8, 4) is 0 Å². The van der Waals surface area contributed by atoms with Gasteiger partial charge in [-0.05, 0) is 19.8 Å². The van der Waals surface area contributed by atoms with E-state index in [1.165, 1.54) is 18.5 Å². The molecule has 1 aliphatic rings. The minimum atomic E-state index is 0.715. The van der Waals surface area contributed by atoms with Gasteiger partial charge in [0.1, 0.15) is 0 Å². The van der Waals surface area contributed by atoms with Gasteiger partial charge in [0, 0.05) is 25.0 Å². The normalized spacial score (nSPS) is 14.9. The molecule has 0 aromatic carbocycles. The largest absolute Gasteiger partial charge is 0.327 e. The number of nitrogens with one attached hydrogen (secondary N) is 1. The highest BCUT2D eigenvalue weighted by atomic mass is 15.1. The minimum absolute atomic E-state index is 0.715. The third kappa shape index (κ3) is 2.73. The van der Waals surface area contributed by atoms with E-state index in [1.54, 1.807) is 6.20 Å². The molecule has 2 aromatic heterocycles. The lowest BCUT2D eigenvalue weighted by atomic mass is 10.4. The highest BCUT2D eigenvalue weighted by molar-refractivity contribution is 5.06. The molecule has 3 rings (SSSR count). The van der Waals surface area contributed by atoms with Crippen molar-refractivity contribution in [2.45, 2.75) is 38.9 Å². The molecule has 0 saturated heterocycles. The lowest BCUT2D eigenvalue weighted by molar-refractivity contribution is 0.629. The maximum absolute atomic E-state index is 4.37. The lowest BCUT2D eigenvalue weighted by Crippen LogP contribution is -2.18. The molecule has 1 saturated carbocycles. The zero-order chi connectivity index (χ0) is 12.4. The first-order valence-electron chi connectivity index (χ1n) is 6.31. The second kappa shape index (κ2) is 4.86. The molecule has 2 heterocycles. The van der Waals surface area contributed by atoms with Gasteiger partial charge in [0.05, 0.1) is 36.2 Å². The summed E-state index contributed by atoms with van der Waals surface area (Å²) < 4.78 is 2.12. The van der Waals surface area contributed by atoms with Gasteiger partial charge in [-0.3, -0.25) is 9.97 Å². The van der Waals surface area contributed by atoms with Crippen LogP contribution in [0, 0.1) is 6.92 Å². The van der Waals surface area contributed by atoms with Crippen molar-refractivity contribution in [3.63, 3.8) is 0 Å². The summed E-state index contributed by atoms with van der Waals surface area (Å²) >= 11 is 0. The monoisotopic (exact) mass is 243 g/mol. The average Bonchev–Trinajstić information content (AvgIpc) is 3.11. The standard InChI is InChI=1S/C13H17N5/c1-10-4-16-12(5-15-10)8-18-9-14-6-13(18)7-17-11-2-3-11/h4-6,9,11,17H,2-3,7-8H2,1H3. The van der Waals surface area contributed by atoms with Gasteiger partial charge in [0.2, 0.25) is 0 Å². The lowest BCUT2D eigenvalue weighted by Gasteiger charge is -2.08. The zero-order valence-electron chi connectivity index (χ0n) is 10.5. The molecule has 0 atom stereocenters. The molecule has 0 bridgehead atoms. The minimum Gasteiger partial charge on any atom is -0.327 e. The Hall–Kier alpha value is -1.75. The van der Waals surface area contributed by atoms with Crippen LogP contribution < -0.4 is 5.32 Å². The van der Waals surface area contributed by atoms with Crippen LogP contribution in [0.4, 0.5) is 0 Å². The second-order valence-electron chi connectivity index (χ2n) is 4.82. The van der Waals surface area contributed by atoms with Gasteiger partial charge in [-0.2, -0.15) is 0 Å². The molecule has 5 nitrogen and oxygen atoms in total. The molecule has 1 aliphatic carbocycles. The summed E-state index contributed by atoms with van der Waals surface area (Å²) in [5.74, 6) is 0. The molecule has 0 radical (unpaired) electrons. The number of nitrogens with zero attached hydrogens (tertiary/aromatic N) is 4. The number of hydrogen-bond donors (Lipinski definition) is 1. The Morgan fingerprint density at radius 3 is 2.89 bits per heavy atom. The van der Waals surface area contributed by atoms with Crippen molar-refractivity contribution in [3.05, 3.63) is 42.0 Å². The molecule has 1 fully saturated rings. The molecule has 0 spiro atoms. The fourth-order valence-corrected chi connectivity index (χ4v) is 1.85. The highest BCUT2D eigenvalue weighted by Gasteiger charge is 2.20. The van der Waals surface area contributed by atoms with Crippen LogP contribution in [0.15, 0.2) is 24.9 Å². The third-order valence-corrected chi connectivity index (χ3v) is 3.11. The van der Waals surface area contributed by atoms with Crippen LogP contribution in [0.2, 0.25) is 0 Å². The Balaban J connectivity index is 1.67. The quantitative estimate of drug-likeness (QED) is 0.859. The van der Waals surface area contributed by atoms with Crippen molar-refractivity contribution in [2.75, 3.05) is 0 Å². The number of aromatic nitrogens is 4. The van der Waals surface area contributed by atoms with E-state index in [9.17, 15) is 0 Å². The van der Waals surface area contributed by atoms with Crippen LogP contribution in [0.5, 0.6) is 0 Å². The van der Waals surface area contributed by atoms with Crippen LogP contribution in [0.25, 0.3) is 0 Å². The molecule has 94 valence electrons. The van der Waals surface area contributed by atoms with Crippen molar-refractivity contribution < 1.29 is 0 Å². The zero-order valence-corrected chi connectivity index (χ0v) is 10.5. The van der Waals surface area contributed by atoms with E-state index in [0.29, 0.717) is 6.04 Å². The van der Waals surface area contributed by atoms with Crippen LogP contribution >= 0.6 is 0 Å². The Kier molecular flexibility index (Phi) is 3.06. The van der Waals surface area contributed by atoms with E-state index in [0.717, 1.165) is 24.5 Å². The van der Waals surface area contributed by atoms with Gasteiger partial charge >= 0.3 is 0 Å². The predicted octanol–water partition coefficient (Wildman–Crippen LogP) is 1.28. The molecule has 1 N–H and O–H groups in total. The molecule has 0 amide bonds. The SMILES string of the molecule is Cc1cnc(Cn2cncc2CNC2CC2)cn1. The number of imidazole rings is 1. The van der Waals surface area contributed by atoms with E-state index in [4.69, 9.17) is 0 Å². The third-order valence-electron chi connectivity index (χ3n) is 3.11.